The highest BCUT2D eigenvalue weighted by atomic mass is 16.5. The van der Waals surface area contributed by atoms with Crippen LogP contribution in [0.3, 0.4) is 0 Å². The summed E-state index contributed by atoms with van der Waals surface area (Å²) in [4.78, 5) is 9.33. The van der Waals surface area contributed by atoms with Gasteiger partial charge in [0, 0.05) is 57.5 Å². The van der Waals surface area contributed by atoms with Gasteiger partial charge < -0.3 is 19.9 Å². The highest BCUT2D eigenvalue weighted by Gasteiger charge is 2.42. The van der Waals surface area contributed by atoms with Crippen LogP contribution in [0.4, 0.5) is 5.69 Å². The molecule has 5 nitrogen and oxygen atoms in total. The standard InChI is InChI=1S/C20H32N4O/c1-4-23(18-8-6-5-7-17(18)2)13-11-22-19(21-3)24-12-9-20(15-24)10-14-25-16-20/h5-8H,4,9-16H2,1-3H3,(H,21,22). The van der Waals surface area contributed by atoms with Crippen LogP contribution in [0.15, 0.2) is 29.3 Å². The molecule has 0 aliphatic carbocycles. The molecule has 2 saturated heterocycles. The predicted molar refractivity (Wildman–Crippen MR) is 104 cm³/mol. The van der Waals surface area contributed by atoms with E-state index < -0.39 is 0 Å². The highest BCUT2D eigenvalue weighted by molar-refractivity contribution is 5.80. The molecule has 0 bridgehead atoms. The summed E-state index contributed by atoms with van der Waals surface area (Å²) in [7, 11) is 1.89. The Morgan fingerprint density at radius 1 is 1.36 bits per heavy atom. The normalized spacial score (nSPS) is 23.5. The number of guanidine groups is 1. The lowest BCUT2D eigenvalue weighted by Gasteiger charge is -2.28. The molecule has 2 heterocycles. The lowest BCUT2D eigenvalue weighted by atomic mass is 9.87. The number of nitrogens with one attached hydrogen (secondary N) is 1. The fourth-order valence-corrected chi connectivity index (χ4v) is 4.09. The number of likely N-dealkylation sites (N-methyl/N-ethyl adjacent to an activating group) is 1. The van der Waals surface area contributed by atoms with Crippen molar-refractivity contribution in [3.8, 4) is 0 Å². The molecule has 1 aromatic carbocycles. The molecule has 2 aliphatic rings. The van der Waals surface area contributed by atoms with Crippen LogP contribution in [0.2, 0.25) is 0 Å². The maximum atomic E-state index is 5.64. The molecule has 138 valence electrons. The van der Waals surface area contributed by atoms with E-state index in [2.05, 4.69) is 58.2 Å². The predicted octanol–water partition coefficient (Wildman–Crippen LogP) is 2.51. The maximum Gasteiger partial charge on any atom is 0.193 e. The second kappa shape index (κ2) is 8.09. The van der Waals surface area contributed by atoms with Crippen LogP contribution in [0.5, 0.6) is 0 Å². The summed E-state index contributed by atoms with van der Waals surface area (Å²) >= 11 is 0. The smallest absolute Gasteiger partial charge is 0.193 e. The van der Waals surface area contributed by atoms with Gasteiger partial charge >= 0.3 is 0 Å². The lowest BCUT2D eigenvalue weighted by Crippen LogP contribution is -2.44. The van der Waals surface area contributed by atoms with Crippen LogP contribution in [-0.2, 0) is 4.74 Å². The minimum atomic E-state index is 0.369. The molecular weight excluding hydrogens is 312 g/mol. The number of nitrogens with zero attached hydrogens (tertiary/aromatic N) is 3. The molecule has 5 heteroatoms. The molecule has 0 saturated carbocycles. The van der Waals surface area contributed by atoms with Gasteiger partial charge in [-0.3, -0.25) is 4.99 Å². The van der Waals surface area contributed by atoms with Gasteiger partial charge in [-0.25, -0.2) is 0 Å². The van der Waals surface area contributed by atoms with Crippen LogP contribution in [-0.4, -0.2) is 63.8 Å². The second-order valence-corrected chi connectivity index (χ2v) is 7.31. The zero-order chi connectivity index (χ0) is 17.7. The third-order valence-corrected chi connectivity index (χ3v) is 5.64. The van der Waals surface area contributed by atoms with Crippen molar-refractivity contribution in [2.45, 2.75) is 26.7 Å². The Labute approximate surface area is 152 Å². The van der Waals surface area contributed by atoms with Gasteiger partial charge in [0.05, 0.1) is 6.61 Å². The van der Waals surface area contributed by atoms with Crippen molar-refractivity contribution in [1.29, 1.82) is 0 Å². The monoisotopic (exact) mass is 344 g/mol. The van der Waals surface area contributed by atoms with Gasteiger partial charge in [-0.05, 0) is 38.3 Å². The van der Waals surface area contributed by atoms with E-state index in [1.807, 2.05) is 7.05 Å². The van der Waals surface area contributed by atoms with E-state index in [4.69, 9.17) is 4.74 Å². The number of aryl methyl sites for hydroxylation is 1. The minimum Gasteiger partial charge on any atom is -0.381 e. The minimum absolute atomic E-state index is 0.369. The molecule has 1 atom stereocenters. The molecule has 25 heavy (non-hydrogen) atoms. The number of hydrogen-bond acceptors (Lipinski definition) is 3. The molecule has 1 spiro atoms. The van der Waals surface area contributed by atoms with Crippen LogP contribution in [0, 0.1) is 12.3 Å². The summed E-state index contributed by atoms with van der Waals surface area (Å²) in [5.74, 6) is 1.03. The van der Waals surface area contributed by atoms with Gasteiger partial charge in [-0.2, -0.15) is 0 Å². The van der Waals surface area contributed by atoms with E-state index in [1.54, 1.807) is 0 Å². The van der Waals surface area contributed by atoms with Gasteiger partial charge in [0.25, 0.3) is 0 Å². The number of hydrogen-bond donors (Lipinski definition) is 1. The number of anilines is 1. The molecule has 1 N–H and O–H groups in total. The fourth-order valence-electron chi connectivity index (χ4n) is 4.09. The molecular formula is C20H32N4O. The molecule has 0 amide bonds. The maximum absolute atomic E-state index is 5.64. The van der Waals surface area contributed by atoms with Crippen molar-refractivity contribution >= 4 is 11.6 Å². The highest BCUT2D eigenvalue weighted by Crippen LogP contribution is 2.38. The van der Waals surface area contributed by atoms with Crippen LogP contribution < -0.4 is 10.2 Å². The van der Waals surface area contributed by atoms with E-state index in [-0.39, 0.29) is 0 Å². The first-order chi connectivity index (χ1) is 12.2. The Hall–Kier alpha value is -1.75. The number of benzene rings is 1. The average Bonchev–Trinajstić information content (AvgIpc) is 3.26. The summed E-state index contributed by atoms with van der Waals surface area (Å²) in [6.45, 7) is 11.3. The number of aliphatic imine (C=N–C) groups is 1. The number of rotatable bonds is 5. The molecule has 1 unspecified atom stereocenters. The Bertz CT molecular complexity index is 595. The summed E-state index contributed by atoms with van der Waals surface area (Å²) in [6.07, 6.45) is 2.41. The third kappa shape index (κ3) is 4.09. The average molecular weight is 345 g/mol. The van der Waals surface area contributed by atoms with Crippen LogP contribution >= 0.6 is 0 Å². The first-order valence-electron chi connectivity index (χ1n) is 9.51. The Morgan fingerprint density at radius 3 is 2.88 bits per heavy atom. The van der Waals surface area contributed by atoms with Gasteiger partial charge in [-0.1, -0.05) is 18.2 Å². The Morgan fingerprint density at radius 2 is 2.20 bits per heavy atom. The summed E-state index contributed by atoms with van der Waals surface area (Å²) in [5.41, 5.74) is 3.02. The molecule has 3 rings (SSSR count). The fraction of sp³-hybridized carbons (Fsp3) is 0.650. The van der Waals surface area contributed by atoms with Crippen molar-refractivity contribution in [3.63, 3.8) is 0 Å². The molecule has 0 aromatic heterocycles. The summed E-state index contributed by atoms with van der Waals surface area (Å²) in [6, 6.07) is 8.60. The number of para-hydroxylation sites is 1. The van der Waals surface area contributed by atoms with Crippen LogP contribution in [0.25, 0.3) is 0 Å². The van der Waals surface area contributed by atoms with Gasteiger partial charge in [0.2, 0.25) is 0 Å². The van der Waals surface area contributed by atoms with Crippen molar-refractivity contribution in [1.82, 2.24) is 10.2 Å². The van der Waals surface area contributed by atoms with Crippen molar-refractivity contribution in [2.24, 2.45) is 10.4 Å². The SMILES string of the molecule is CCN(CCNC(=NC)N1CCC2(CCOC2)C1)c1ccccc1C. The first-order valence-corrected chi connectivity index (χ1v) is 9.51. The van der Waals surface area contributed by atoms with Crippen molar-refractivity contribution in [2.75, 3.05) is 57.9 Å². The number of ether oxygens (including phenoxy) is 1. The van der Waals surface area contributed by atoms with Crippen molar-refractivity contribution < 1.29 is 4.74 Å². The molecule has 0 radical (unpaired) electrons. The Balaban J connectivity index is 1.52. The molecule has 2 aliphatic heterocycles. The van der Waals surface area contributed by atoms with Gasteiger partial charge in [0.1, 0.15) is 0 Å². The molecule has 2 fully saturated rings. The summed E-state index contributed by atoms with van der Waals surface area (Å²) < 4.78 is 5.64. The topological polar surface area (TPSA) is 40.1 Å². The van der Waals surface area contributed by atoms with E-state index in [0.717, 1.165) is 51.9 Å². The third-order valence-electron chi connectivity index (χ3n) is 5.64. The van der Waals surface area contributed by atoms with Crippen LogP contribution in [0.1, 0.15) is 25.3 Å². The van der Waals surface area contributed by atoms with Crippen molar-refractivity contribution in [3.05, 3.63) is 29.8 Å². The zero-order valence-electron chi connectivity index (χ0n) is 15.9. The lowest BCUT2D eigenvalue weighted by molar-refractivity contribution is 0.156. The number of likely N-dealkylation sites (tertiary alicyclic amines) is 1. The van der Waals surface area contributed by atoms with E-state index >= 15 is 0 Å². The summed E-state index contributed by atoms with van der Waals surface area (Å²) in [5, 5.41) is 3.57. The van der Waals surface area contributed by atoms with Gasteiger partial charge in [0.15, 0.2) is 5.96 Å². The molecule has 1 aromatic rings. The zero-order valence-corrected chi connectivity index (χ0v) is 15.9. The van der Waals surface area contributed by atoms with E-state index in [0.29, 0.717) is 5.41 Å². The quantitative estimate of drug-likeness (QED) is 0.658. The first kappa shape index (κ1) is 18.1. The van der Waals surface area contributed by atoms with E-state index in [1.165, 1.54) is 24.1 Å². The van der Waals surface area contributed by atoms with Gasteiger partial charge in [-0.15, -0.1) is 0 Å². The second-order valence-electron chi connectivity index (χ2n) is 7.31. The largest absolute Gasteiger partial charge is 0.381 e. The Kier molecular flexibility index (Phi) is 5.84. The van der Waals surface area contributed by atoms with E-state index in [9.17, 15) is 0 Å².